The molecule has 1 heterocycles. The van der Waals surface area contributed by atoms with Gasteiger partial charge in [0.1, 0.15) is 18.1 Å². The number of rotatable bonds is 9. The van der Waals surface area contributed by atoms with Crippen LogP contribution >= 0.6 is 0 Å². The smallest absolute Gasteiger partial charge is 0.304 e. The average molecular weight is 425 g/mol. The van der Waals surface area contributed by atoms with Gasteiger partial charge in [0.2, 0.25) is 0 Å². The summed E-state index contributed by atoms with van der Waals surface area (Å²) in [6, 6.07) is 13.4. The van der Waals surface area contributed by atoms with Gasteiger partial charge in [-0.05, 0) is 42.3 Å². The number of aromatic nitrogens is 2. The molecule has 156 valence electrons. The Morgan fingerprint density at radius 3 is 2.73 bits per heavy atom. The van der Waals surface area contributed by atoms with Gasteiger partial charge in [-0.25, -0.2) is 0 Å². The van der Waals surface area contributed by atoms with Gasteiger partial charge in [0, 0.05) is 5.39 Å². The summed E-state index contributed by atoms with van der Waals surface area (Å²) >= 11 is -0.848. The van der Waals surface area contributed by atoms with Gasteiger partial charge in [0.25, 0.3) is 0 Å². The monoisotopic (exact) mass is 424 g/mol. The molecule has 2 atom stereocenters. The lowest BCUT2D eigenvalue weighted by atomic mass is 9.96. The zero-order chi connectivity index (χ0) is 21.5. The lowest BCUT2D eigenvalue weighted by Gasteiger charge is -2.11. The molecule has 1 N–H and O–H groups in total. The van der Waals surface area contributed by atoms with Crippen molar-refractivity contribution in [3.8, 4) is 17.6 Å². The number of carboxylic acids is 1. The van der Waals surface area contributed by atoms with Crippen LogP contribution in [0, 0.1) is 11.8 Å². The van der Waals surface area contributed by atoms with Gasteiger partial charge in [-0.1, -0.05) is 35.3 Å². The topological polar surface area (TPSA) is 87.4 Å². The van der Waals surface area contributed by atoms with Crippen molar-refractivity contribution in [1.82, 2.24) is 9.78 Å². The Bertz CT molecular complexity index is 1060. The van der Waals surface area contributed by atoms with Crippen molar-refractivity contribution in [1.29, 1.82) is 0 Å². The maximum absolute atomic E-state index is 11.3. The van der Waals surface area contributed by atoms with Crippen LogP contribution in [0.2, 0.25) is 0 Å². The number of nitrogens with zero attached hydrogens (tertiary/aromatic N) is 2. The SMILES string of the molecule is CC#C[C@@H](CC(=O)O)c1ccc(OCc2ccc3c(cnn3CC[S+](C)[O-])c2)cc1. The van der Waals surface area contributed by atoms with E-state index in [1.165, 1.54) is 0 Å². The maximum Gasteiger partial charge on any atom is 0.304 e. The van der Waals surface area contributed by atoms with Crippen molar-refractivity contribution in [2.45, 2.75) is 32.4 Å². The molecule has 0 amide bonds. The minimum absolute atomic E-state index is 0.0249. The lowest BCUT2D eigenvalue weighted by molar-refractivity contribution is -0.137. The zero-order valence-electron chi connectivity index (χ0n) is 17.0. The largest absolute Gasteiger partial charge is 0.617 e. The summed E-state index contributed by atoms with van der Waals surface area (Å²) in [5.74, 6) is 5.83. The molecule has 3 rings (SSSR count). The summed E-state index contributed by atoms with van der Waals surface area (Å²) in [7, 11) is 0. The third-order valence-corrected chi connectivity index (χ3v) is 5.44. The molecular formula is C23H24N2O4S. The van der Waals surface area contributed by atoms with Gasteiger partial charge in [0.05, 0.1) is 36.9 Å². The Morgan fingerprint density at radius 1 is 1.30 bits per heavy atom. The second kappa shape index (κ2) is 10.2. The fourth-order valence-corrected chi connectivity index (χ4v) is 3.61. The molecule has 0 fully saturated rings. The summed E-state index contributed by atoms with van der Waals surface area (Å²) < 4.78 is 19.1. The Kier molecular flexibility index (Phi) is 7.39. The van der Waals surface area contributed by atoms with E-state index in [4.69, 9.17) is 9.84 Å². The van der Waals surface area contributed by atoms with Crippen molar-refractivity contribution in [2.75, 3.05) is 12.0 Å². The van der Waals surface area contributed by atoms with Crippen LogP contribution < -0.4 is 4.74 Å². The molecule has 0 aliphatic rings. The predicted molar refractivity (Wildman–Crippen MR) is 118 cm³/mol. The maximum atomic E-state index is 11.3. The number of hydrogen-bond donors (Lipinski definition) is 1. The molecule has 1 unspecified atom stereocenters. The molecule has 0 saturated carbocycles. The van der Waals surface area contributed by atoms with Crippen LogP contribution in [0.1, 0.15) is 30.4 Å². The Hall–Kier alpha value is -2.95. The Morgan fingerprint density at radius 2 is 2.07 bits per heavy atom. The highest BCUT2D eigenvalue weighted by molar-refractivity contribution is 7.90. The third-order valence-electron chi connectivity index (χ3n) is 4.68. The standard InChI is InChI=1S/C23H24N2O4S/c1-3-4-19(14-23(26)27)18-6-8-21(9-7-18)29-16-17-5-10-22-20(13-17)15-24-25(22)11-12-30(2)28/h5-10,13,15,19H,11-12,14,16H2,1-2H3,(H,26,27)/t19-,30?/m0/s1. The first kappa shape index (κ1) is 21.8. The zero-order valence-corrected chi connectivity index (χ0v) is 17.8. The first-order chi connectivity index (χ1) is 14.5. The number of carbonyl (C=O) groups is 1. The van der Waals surface area contributed by atoms with Gasteiger partial charge < -0.3 is 14.4 Å². The molecule has 7 heteroatoms. The van der Waals surface area contributed by atoms with E-state index in [0.717, 1.165) is 22.0 Å². The highest BCUT2D eigenvalue weighted by atomic mass is 32.2. The summed E-state index contributed by atoms with van der Waals surface area (Å²) in [4.78, 5) is 11.0. The summed E-state index contributed by atoms with van der Waals surface area (Å²) in [6.45, 7) is 2.74. The molecule has 0 aliphatic heterocycles. The molecular weight excluding hydrogens is 400 g/mol. The van der Waals surface area contributed by atoms with E-state index in [2.05, 4.69) is 16.9 Å². The van der Waals surface area contributed by atoms with E-state index in [1.54, 1.807) is 13.2 Å². The number of carboxylic acid groups (broad SMARTS) is 1. The van der Waals surface area contributed by atoms with Gasteiger partial charge in [-0.2, -0.15) is 5.10 Å². The van der Waals surface area contributed by atoms with Crippen LogP contribution in [0.4, 0.5) is 0 Å². The highest BCUT2D eigenvalue weighted by Gasteiger charge is 2.13. The molecule has 1 aromatic heterocycles. The van der Waals surface area contributed by atoms with Gasteiger partial charge in [-0.3, -0.25) is 9.48 Å². The number of aliphatic carboxylic acids is 1. The number of hydrogen-bond acceptors (Lipinski definition) is 4. The first-order valence-electron chi connectivity index (χ1n) is 9.57. The third kappa shape index (κ3) is 5.78. The molecule has 0 spiro atoms. The molecule has 0 saturated heterocycles. The molecule has 3 aromatic rings. The summed E-state index contributed by atoms with van der Waals surface area (Å²) in [5.41, 5.74) is 2.89. The van der Waals surface area contributed by atoms with Gasteiger partial charge in [0.15, 0.2) is 0 Å². The van der Waals surface area contributed by atoms with Gasteiger partial charge >= 0.3 is 5.97 Å². The van der Waals surface area contributed by atoms with E-state index in [9.17, 15) is 9.35 Å². The summed E-state index contributed by atoms with van der Waals surface area (Å²) in [5, 5.41) is 14.4. The quantitative estimate of drug-likeness (QED) is 0.419. The van der Waals surface area contributed by atoms with Gasteiger partial charge in [-0.15, -0.1) is 5.92 Å². The van der Waals surface area contributed by atoms with Crippen molar-refractivity contribution in [2.24, 2.45) is 0 Å². The Balaban J connectivity index is 1.64. The summed E-state index contributed by atoms with van der Waals surface area (Å²) in [6.07, 6.45) is 3.48. The fourth-order valence-electron chi connectivity index (χ4n) is 3.18. The van der Waals surface area contributed by atoms with E-state index in [0.29, 0.717) is 24.7 Å². The van der Waals surface area contributed by atoms with Crippen LogP contribution in [0.15, 0.2) is 48.7 Å². The number of aryl methyl sites for hydroxylation is 1. The minimum Gasteiger partial charge on any atom is -0.617 e. The first-order valence-corrected chi connectivity index (χ1v) is 11.3. The number of ether oxygens (including phenoxy) is 1. The molecule has 0 aliphatic carbocycles. The van der Waals surface area contributed by atoms with E-state index in [-0.39, 0.29) is 12.3 Å². The lowest BCUT2D eigenvalue weighted by Crippen LogP contribution is -2.11. The predicted octanol–water partition coefficient (Wildman–Crippen LogP) is 3.58. The van der Waals surface area contributed by atoms with Crippen molar-refractivity contribution in [3.63, 3.8) is 0 Å². The molecule has 2 aromatic carbocycles. The van der Waals surface area contributed by atoms with Crippen LogP contribution in [0.5, 0.6) is 5.75 Å². The average Bonchev–Trinajstić information content (AvgIpc) is 3.13. The van der Waals surface area contributed by atoms with E-state index >= 15 is 0 Å². The van der Waals surface area contributed by atoms with Crippen molar-refractivity contribution in [3.05, 3.63) is 59.8 Å². The second-order valence-electron chi connectivity index (χ2n) is 6.94. The van der Waals surface area contributed by atoms with Crippen molar-refractivity contribution < 1.29 is 19.2 Å². The normalized spacial score (nSPS) is 12.8. The molecule has 6 nitrogen and oxygen atoms in total. The number of benzene rings is 2. The van der Waals surface area contributed by atoms with E-state index in [1.807, 2.05) is 53.3 Å². The second-order valence-corrected chi connectivity index (χ2v) is 8.50. The minimum atomic E-state index is -0.871. The van der Waals surface area contributed by atoms with Crippen LogP contribution in [-0.4, -0.2) is 37.4 Å². The molecule has 0 radical (unpaired) electrons. The van der Waals surface area contributed by atoms with Crippen LogP contribution in [0.25, 0.3) is 10.9 Å². The Labute approximate surface area is 179 Å². The number of fused-ring (bicyclic) bond motifs is 1. The highest BCUT2D eigenvalue weighted by Crippen LogP contribution is 2.23. The molecule has 0 bridgehead atoms. The van der Waals surface area contributed by atoms with Crippen molar-refractivity contribution >= 4 is 28.0 Å². The molecule has 30 heavy (non-hydrogen) atoms. The van der Waals surface area contributed by atoms with Crippen LogP contribution in [0.3, 0.4) is 0 Å². The fraction of sp³-hybridized carbons (Fsp3) is 0.304. The van der Waals surface area contributed by atoms with Crippen LogP contribution in [-0.2, 0) is 29.1 Å². The van der Waals surface area contributed by atoms with E-state index < -0.39 is 17.1 Å².